The highest BCUT2D eigenvalue weighted by atomic mass is 79.9. The molecule has 5 heteroatoms. The predicted octanol–water partition coefficient (Wildman–Crippen LogP) is 3.30. The molecule has 0 radical (unpaired) electrons. The first-order chi connectivity index (χ1) is 10.1. The van der Waals surface area contributed by atoms with Crippen molar-refractivity contribution in [2.45, 2.75) is 6.92 Å². The standard InChI is InChI=1S/C16H17BrN2O2/c1-12-3-5-14(6-4-12)21-10-9-19(2)16(20)13-7-8-18-15(17)11-13/h3-8,11H,9-10H2,1-2H3. The normalized spacial score (nSPS) is 10.2. The number of aryl methyl sites for hydroxylation is 1. The molecule has 110 valence electrons. The average Bonchev–Trinajstić information content (AvgIpc) is 2.48. The summed E-state index contributed by atoms with van der Waals surface area (Å²) in [6.45, 7) is 3.01. The Morgan fingerprint density at radius 3 is 2.67 bits per heavy atom. The van der Waals surface area contributed by atoms with Crippen LogP contribution in [-0.4, -0.2) is 36.0 Å². The number of carbonyl (C=O) groups is 1. The van der Waals surface area contributed by atoms with Gasteiger partial charge in [0.15, 0.2) is 0 Å². The van der Waals surface area contributed by atoms with Crippen LogP contribution in [0.3, 0.4) is 0 Å². The number of carbonyl (C=O) groups excluding carboxylic acids is 1. The monoisotopic (exact) mass is 348 g/mol. The Bertz CT molecular complexity index is 614. The van der Waals surface area contributed by atoms with Gasteiger partial charge in [0, 0.05) is 18.8 Å². The van der Waals surface area contributed by atoms with Crippen LogP contribution in [0, 0.1) is 6.92 Å². The second-order valence-corrected chi connectivity index (χ2v) is 5.57. The molecule has 0 aliphatic rings. The van der Waals surface area contributed by atoms with Crippen molar-refractivity contribution >= 4 is 21.8 Å². The molecule has 0 spiro atoms. The largest absolute Gasteiger partial charge is 0.492 e. The number of ether oxygens (including phenoxy) is 1. The number of rotatable bonds is 5. The Hall–Kier alpha value is -1.88. The molecular formula is C16H17BrN2O2. The summed E-state index contributed by atoms with van der Waals surface area (Å²) in [5, 5.41) is 0. The fourth-order valence-corrected chi connectivity index (χ4v) is 2.16. The van der Waals surface area contributed by atoms with Gasteiger partial charge in [-0.3, -0.25) is 4.79 Å². The average molecular weight is 349 g/mol. The smallest absolute Gasteiger partial charge is 0.253 e. The number of benzene rings is 1. The molecule has 0 saturated carbocycles. The lowest BCUT2D eigenvalue weighted by Gasteiger charge is -2.17. The van der Waals surface area contributed by atoms with Gasteiger partial charge < -0.3 is 9.64 Å². The van der Waals surface area contributed by atoms with E-state index in [2.05, 4.69) is 20.9 Å². The first kappa shape index (κ1) is 15.5. The van der Waals surface area contributed by atoms with E-state index >= 15 is 0 Å². The van der Waals surface area contributed by atoms with Gasteiger partial charge >= 0.3 is 0 Å². The van der Waals surface area contributed by atoms with E-state index in [-0.39, 0.29) is 5.91 Å². The molecule has 0 atom stereocenters. The van der Waals surface area contributed by atoms with Crippen LogP contribution in [0.15, 0.2) is 47.2 Å². The number of aromatic nitrogens is 1. The van der Waals surface area contributed by atoms with E-state index in [1.807, 2.05) is 31.2 Å². The molecule has 1 aromatic carbocycles. The van der Waals surface area contributed by atoms with Crippen LogP contribution >= 0.6 is 15.9 Å². The third kappa shape index (κ3) is 4.56. The van der Waals surface area contributed by atoms with Crippen molar-refractivity contribution in [1.82, 2.24) is 9.88 Å². The summed E-state index contributed by atoms with van der Waals surface area (Å²) >= 11 is 3.26. The highest BCUT2D eigenvalue weighted by molar-refractivity contribution is 9.10. The van der Waals surface area contributed by atoms with Crippen LogP contribution in [0.1, 0.15) is 15.9 Å². The van der Waals surface area contributed by atoms with Crippen LogP contribution in [0.25, 0.3) is 0 Å². The van der Waals surface area contributed by atoms with E-state index in [1.165, 1.54) is 5.56 Å². The summed E-state index contributed by atoms with van der Waals surface area (Å²) < 4.78 is 6.28. The minimum Gasteiger partial charge on any atom is -0.492 e. The summed E-state index contributed by atoms with van der Waals surface area (Å²) in [5.74, 6) is 0.763. The summed E-state index contributed by atoms with van der Waals surface area (Å²) in [6, 6.07) is 11.3. The summed E-state index contributed by atoms with van der Waals surface area (Å²) in [5.41, 5.74) is 1.80. The topological polar surface area (TPSA) is 42.4 Å². The molecule has 0 saturated heterocycles. The number of likely N-dealkylation sites (N-methyl/N-ethyl adjacent to an activating group) is 1. The minimum atomic E-state index is -0.0504. The SMILES string of the molecule is Cc1ccc(OCCN(C)C(=O)c2ccnc(Br)c2)cc1. The first-order valence-electron chi connectivity index (χ1n) is 6.63. The summed E-state index contributed by atoms with van der Waals surface area (Å²) in [7, 11) is 1.76. The zero-order valence-electron chi connectivity index (χ0n) is 12.0. The third-order valence-corrected chi connectivity index (χ3v) is 3.47. The molecule has 1 heterocycles. The van der Waals surface area contributed by atoms with Crippen LogP contribution in [0.4, 0.5) is 0 Å². The van der Waals surface area contributed by atoms with Crippen molar-refractivity contribution in [1.29, 1.82) is 0 Å². The third-order valence-electron chi connectivity index (χ3n) is 3.04. The molecule has 0 N–H and O–H groups in total. The quantitative estimate of drug-likeness (QED) is 0.778. The highest BCUT2D eigenvalue weighted by Crippen LogP contribution is 2.12. The summed E-state index contributed by atoms with van der Waals surface area (Å²) in [6.07, 6.45) is 1.61. The molecule has 1 aromatic heterocycles. The van der Waals surface area contributed by atoms with E-state index in [4.69, 9.17) is 4.74 Å². The van der Waals surface area contributed by atoms with Crippen molar-refractivity contribution in [2.75, 3.05) is 20.2 Å². The zero-order valence-corrected chi connectivity index (χ0v) is 13.6. The molecule has 0 aliphatic carbocycles. The van der Waals surface area contributed by atoms with Crippen LogP contribution in [0.2, 0.25) is 0 Å². The molecule has 1 amide bonds. The first-order valence-corrected chi connectivity index (χ1v) is 7.42. The fraction of sp³-hybridized carbons (Fsp3) is 0.250. The van der Waals surface area contributed by atoms with E-state index in [1.54, 1.807) is 30.3 Å². The Labute approximate surface area is 132 Å². The predicted molar refractivity (Wildman–Crippen MR) is 85.6 cm³/mol. The van der Waals surface area contributed by atoms with Crippen LogP contribution in [-0.2, 0) is 0 Å². The fourth-order valence-electron chi connectivity index (χ4n) is 1.79. The van der Waals surface area contributed by atoms with Gasteiger partial charge in [0.1, 0.15) is 17.0 Å². The molecule has 21 heavy (non-hydrogen) atoms. The van der Waals surface area contributed by atoms with Gasteiger partial charge in [0.25, 0.3) is 5.91 Å². The van der Waals surface area contributed by atoms with Crippen molar-refractivity contribution in [2.24, 2.45) is 0 Å². The minimum absolute atomic E-state index is 0.0504. The molecule has 0 aliphatic heterocycles. The van der Waals surface area contributed by atoms with Crippen molar-refractivity contribution in [3.05, 3.63) is 58.3 Å². The zero-order chi connectivity index (χ0) is 15.2. The molecule has 2 aromatic rings. The lowest BCUT2D eigenvalue weighted by atomic mass is 10.2. The maximum absolute atomic E-state index is 12.2. The maximum Gasteiger partial charge on any atom is 0.253 e. The van der Waals surface area contributed by atoms with Gasteiger partial charge in [-0.2, -0.15) is 0 Å². The Morgan fingerprint density at radius 2 is 2.00 bits per heavy atom. The number of amides is 1. The number of hydrogen-bond donors (Lipinski definition) is 0. The molecule has 0 fully saturated rings. The second kappa shape index (κ2) is 7.22. The van der Waals surface area contributed by atoms with Gasteiger partial charge in [0.2, 0.25) is 0 Å². The van der Waals surface area contributed by atoms with Gasteiger partial charge in [-0.25, -0.2) is 4.98 Å². The number of hydrogen-bond acceptors (Lipinski definition) is 3. The van der Waals surface area contributed by atoms with Gasteiger partial charge in [-0.1, -0.05) is 17.7 Å². The molecule has 2 rings (SSSR count). The summed E-state index contributed by atoms with van der Waals surface area (Å²) in [4.78, 5) is 17.9. The Morgan fingerprint density at radius 1 is 1.29 bits per heavy atom. The Balaban J connectivity index is 1.85. The second-order valence-electron chi connectivity index (χ2n) is 4.76. The van der Waals surface area contributed by atoms with Crippen molar-refractivity contribution in [3.63, 3.8) is 0 Å². The lowest BCUT2D eigenvalue weighted by molar-refractivity contribution is 0.0773. The van der Waals surface area contributed by atoms with Crippen molar-refractivity contribution < 1.29 is 9.53 Å². The Kier molecular flexibility index (Phi) is 5.33. The molecule has 4 nitrogen and oxygen atoms in total. The number of halogens is 1. The van der Waals surface area contributed by atoms with Gasteiger partial charge in [0.05, 0.1) is 6.54 Å². The number of pyridine rings is 1. The van der Waals surface area contributed by atoms with E-state index in [9.17, 15) is 4.79 Å². The van der Waals surface area contributed by atoms with Crippen LogP contribution < -0.4 is 4.74 Å². The van der Waals surface area contributed by atoms with Crippen molar-refractivity contribution in [3.8, 4) is 5.75 Å². The maximum atomic E-state index is 12.2. The lowest BCUT2D eigenvalue weighted by Crippen LogP contribution is -2.30. The number of nitrogens with zero attached hydrogens (tertiary/aromatic N) is 2. The molecule has 0 bridgehead atoms. The van der Waals surface area contributed by atoms with Gasteiger partial charge in [-0.05, 0) is 47.1 Å². The highest BCUT2D eigenvalue weighted by Gasteiger charge is 2.12. The van der Waals surface area contributed by atoms with Crippen LogP contribution in [0.5, 0.6) is 5.75 Å². The molecule has 0 unspecified atom stereocenters. The van der Waals surface area contributed by atoms with E-state index < -0.39 is 0 Å². The van der Waals surface area contributed by atoms with E-state index in [0.717, 1.165) is 5.75 Å². The molecular weight excluding hydrogens is 332 g/mol. The van der Waals surface area contributed by atoms with E-state index in [0.29, 0.717) is 23.3 Å². The van der Waals surface area contributed by atoms with Gasteiger partial charge in [-0.15, -0.1) is 0 Å².